The highest BCUT2D eigenvalue weighted by Crippen LogP contribution is 2.20. The summed E-state index contributed by atoms with van der Waals surface area (Å²) in [5, 5.41) is 9.70. The van der Waals surface area contributed by atoms with Crippen molar-refractivity contribution in [2.45, 2.75) is 6.92 Å². The van der Waals surface area contributed by atoms with Gasteiger partial charge < -0.3 is 9.84 Å². The van der Waals surface area contributed by atoms with E-state index in [1.165, 1.54) is 12.1 Å². The lowest BCUT2D eigenvalue weighted by Gasteiger charge is -2.02. The molecular formula is C17H16O3. The molecule has 3 heteroatoms. The van der Waals surface area contributed by atoms with Crippen LogP contribution in [0.2, 0.25) is 0 Å². The monoisotopic (exact) mass is 268 g/mol. The third-order valence-electron chi connectivity index (χ3n) is 2.96. The van der Waals surface area contributed by atoms with Crippen molar-refractivity contribution < 1.29 is 14.6 Å². The van der Waals surface area contributed by atoms with E-state index in [9.17, 15) is 9.90 Å². The highest BCUT2D eigenvalue weighted by atomic mass is 16.5. The fourth-order valence-corrected chi connectivity index (χ4v) is 1.82. The number of ketones is 1. The number of hydrogen-bond donors (Lipinski definition) is 1. The van der Waals surface area contributed by atoms with E-state index in [2.05, 4.69) is 0 Å². The number of phenolic OH excluding ortho intramolecular Hbond substituents is 1. The van der Waals surface area contributed by atoms with Crippen LogP contribution in [0.5, 0.6) is 11.5 Å². The standard InChI is InChI=1S/C17H16O3/c1-12-3-9-16(18)15(11-12)17(19)10-6-13-4-7-14(20-2)8-5-13/h3-11,18H,1-2H3/b10-6-. The summed E-state index contributed by atoms with van der Waals surface area (Å²) in [5.41, 5.74) is 2.14. The lowest BCUT2D eigenvalue weighted by molar-refractivity contribution is 0.104. The summed E-state index contributed by atoms with van der Waals surface area (Å²) in [6.07, 6.45) is 3.17. The minimum Gasteiger partial charge on any atom is -0.507 e. The van der Waals surface area contributed by atoms with Gasteiger partial charge in [-0.25, -0.2) is 0 Å². The Bertz CT molecular complexity index is 640. The normalized spacial score (nSPS) is 10.7. The quantitative estimate of drug-likeness (QED) is 0.680. The molecule has 0 saturated heterocycles. The van der Waals surface area contributed by atoms with E-state index in [1.54, 1.807) is 25.3 Å². The fourth-order valence-electron chi connectivity index (χ4n) is 1.82. The number of carbonyl (C=O) groups excluding carboxylic acids is 1. The van der Waals surface area contributed by atoms with Gasteiger partial charge in [-0.1, -0.05) is 29.8 Å². The van der Waals surface area contributed by atoms with Gasteiger partial charge >= 0.3 is 0 Å². The first-order chi connectivity index (χ1) is 9.60. The molecule has 0 aliphatic heterocycles. The summed E-state index contributed by atoms with van der Waals surface area (Å²) in [4.78, 5) is 12.0. The zero-order valence-electron chi connectivity index (χ0n) is 11.5. The van der Waals surface area contributed by atoms with Gasteiger partial charge in [0.2, 0.25) is 0 Å². The van der Waals surface area contributed by atoms with E-state index in [4.69, 9.17) is 4.74 Å². The molecule has 2 aromatic rings. The number of allylic oxidation sites excluding steroid dienone is 1. The SMILES string of the molecule is COc1ccc(/C=C\C(=O)c2cc(C)ccc2O)cc1. The predicted molar refractivity (Wildman–Crippen MR) is 79.2 cm³/mol. The molecule has 2 rings (SSSR count). The van der Waals surface area contributed by atoms with Crippen LogP contribution in [0.4, 0.5) is 0 Å². The molecule has 0 spiro atoms. The maximum absolute atomic E-state index is 12.0. The van der Waals surface area contributed by atoms with Crippen molar-refractivity contribution >= 4 is 11.9 Å². The Morgan fingerprint density at radius 3 is 2.50 bits per heavy atom. The van der Waals surface area contributed by atoms with E-state index in [0.717, 1.165) is 16.9 Å². The number of methoxy groups -OCH3 is 1. The highest BCUT2D eigenvalue weighted by Gasteiger charge is 2.07. The lowest BCUT2D eigenvalue weighted by Crippen LogP contribution is -1.95. The molecule has 0 aromatic heterocycles. The molecule has 0 bridgehead atoms. The van der Waals surface area contributed by atoms with E-state index < -0.39 is 0 Å². The molecule has 0 fully saturated rings. The van der Waals surface area contributed by atoms with Crippen LogP contribution in [0, 0.1) is 6.92 Å². The van der Waals surface area contributed by atoms with Crippen molar-refractivity contribution in [3.63, 3.8) is 0 Å². The van der Waals surface area contributed by atoms with E-state index >= 15 is 0 Å². The van der Waals surface area contributed by atoms with Gasteiger partial charge in [0.25, 0.3) is 0 Å². The molecule has 0 heterocycles. The van der Waals surface area contributed by atoms with Crippen LogP contribution in [-0.4, -0.2) is 18.0 Å². The van der Waals surface area contributed by atoms with Gasteiger partial charge in [-0.05, 0) is 42.8 Å². The zero-order chi connectivity index (χ0) is 14.5. The van der Waals surface area contributed by atoms with E-state index in [1.807, 2.05) is 31.2 Å². The molecule has 0 atom stereocenters. The summed E-state index contributed by atoms with van der Waals surface area (Å²) >= 11 is 0. The van der Waals surface area contributed by atoms with Crippen LogP contribution < -0.4 is 4.74 Å². The molecular weight excluding hydrogens is 252 g/mol. The Hall–Kier alpha value is -2.55. The van der Waals surface area contributed by atoms with Crippen molar-refractivity contribution in [3.05, 3.63) is 65.2 Å². The topological polar surface area (TPSA) is 46.5 Å². The minimum atomic E-state index is -0.220. The average molecular weight is 268 g/mol. The first-order valence-corrected chi connectivity index (χ1v) is 6.26. The Balaban J connectivity index is 2.17. The number of ether oxygens (including phenoxy) is 1. The molecule has 102 valence electrons. The van der Waals surface area contributed by atoms with Crippen molar-refractivity contribution in [2.75, 3.05) is 7.11 Å². The summed E-state index contributed by atoms with van der Waals surface area (Å²) < 4.78 is 5.07. The van der Waals surface area contributed by atoms with Crippen LogP contribution in [0.15, 0.2) is 48.5 Å². The van der Waals surface area contributed by atoms with Gasteiger partial charge in [-0.15, -0.1) is 0 Å². The maximum Gasteiger partial charge on any atom is 0.189 e. The number of phenols is 1. The third kappa shape index (κ3) is 3.26. The number of aromatic hydroxyl groups is 1. The second-order valence-electron chi connectivity index (χ2n) is 4.49. The van der Waals surface area contributed by atoms with Crippen LogP contribution in [-0.2, 0) is 0 Å². The second-order valence-corrected chi connectivity index (χ2v) is 4.49. The molecule has 20 heavy (non-hydrogen) atoms. The van der Waals surface area contributed by atoms with E-state index in [-0.39, 0.29) is 11.5 Å². The minimum absolute atomic E-state index is 0.0000177. The number of benzene rings is 2. The van der Waals surface area contributed by atoms with Crippen LogP contribution in [0.3, 0.4) is 0 Å². The third-order valence-corrected chi connectivity index (χ3v) is 2.96. The van der Waals surface area contributed by atoms with Crippen molar-refractivity contribution in [1.82, 2.24) is 0 Å². The van der Waals surface area contributed by atoms with Gasteiger partial charge in [0.05, 0.1) is 12.7 Å². The summed E-state index contributed by atoms with van der Waals surface area (Å²) in [6.45, 7) is 1.88. The van der Waals surface area contributed by atoms with Gasteiger partial charge in [-0.2, -0.15) is 0 Å². The molecule has 1 N–H and O–H groups in total. The molecule has 0 unspecified atom stereocenters. The largest absolute Gasteiger partial charge is 0.507 e. The zero-order valence-corrected chi connectivity index (χ0v) is 11.5. The number of hydrogen-bond acceptors (Lipinski definition) is 3. The molecule has 0 aliphatic rings. The van der Waals surface area contributed by atoms with Crippen LogP contribution in [0.1, 0.15) is 21.5 Å². The Labute approximate surface area is 118 Å². The first kappa shape index (κ1) is 13.9. The lowest BCUT2D eigenvalue weighted by atomic mass is 10.1. The summed E-state index contributed by atoms with van der Waals surface area (Å²) in [6, 6.07) is 12.3. The van der Waals surface area contributed by atoms with Crippen LogP contribution >= 0.6 is 0 Å². The molecule has 3 nitrogen and oxygen atoms in total. The first-order valence-electron chi connectivity index (χ1n) is 6.26. The van der Waals surface area contributed by atoms with Crippen molar-refractivity contribution in [3.8, 4) is 11.5 Å². The second kappa shape index (κ2) is 6.06. The summed E-state index contributed by atoms with van der Waals surface area (Å²) in [5.74, 6) is 0.548. The van der Waals surface area contributed by atoms with Gasteiger partial charge in [-0.3, -0.25) is 4.79 Å². The average Bonchev–Trinajstić information content (AvgIpc) is 2.47. The Morgan fingerprint density at radius 1 is 1.15 bits per heavy atom. The number of aryl methyl sites for hydroxylation is 1. The molecule has 0 radical (unpaired) electrons. The molecule has 0 aliphatic carbocycles. The summed E-state index contributed by atoms with van der Waals surface area (Å²) in [7, 11) is 1.61. The molecule has 2 aromatic carbocycles. The van der Waals surface area contributed by atoms with Gasteiger partial charge in [0.15, 0.2) is 5.78 Å². The molecule has 0 saturated carbocycles. The Kier molecular flexibility index (Phi) is 4.20. The fraction of sp³-hybridized carbons (Fsp3) is 0.118. The van der Waals surface area contributed by atoms with Gasteiger partial charge in [0, 0.05) is 0 Å². The van der Waals surface area contributed by atoms with Crippen molar-refractivity contribution in [2.24, 2.45) is 0 Å². The smallest absolute Gasteiger partial charge is 0.189 e. The van der Waals surface area contributed by atoms with E-state index in [0.29, 0.717) is 5.56 Å². The molecule has 0 amide bonds. The number of rotatable bonds is 4. The van der Waals surface area contributed by atoms with Gasteiger partial charge in [0.1, 0.15) is 11.5 Å². The van der Waals surface area contributed by atoms with Crippen molar-refractivity contribution in [1.29, 1.82) is 0 Å². The number of carbonyl (C=O) groups is 1. The predicted octanol–water partition coefficient (Wildman–Crippen LogP) is 3.61. The maximum atomic E-state index is 12.0. The van der Waals surface area contributed by atoms with Crippen LogP contribution in [0.25, 0.3) is 6.08 Å². The Morgan fingerprint density at radius 2 is 1.85 bits per heavy atom. The highest BCUT2D eigenvalue weighted by molar-refractivity contribution is 6.08.